The van der Waals surface area contributed by atoms with Crippen LogP contribution in [0.4, 0.5) is 0 Å². The Labute approximate surface area is 88.6 Å². The highest BCUT2D eigenvalue weighted by atomic mass is 16.5. The zero-order valence-corrected chi connectivity index (χ0v) is 9.01. The van der Waals surface area contributed by atoms with E-state index < -0.39 is 0 Å². The van der Waals surface area contributed by atoms with Crippen molar-refractivity contribution in [1.82, 2.24) is 14.7 Å². The van der Waals surface area contributed by atoms with E-state index in [1.807, 2.05) is 19.3 Å². The summed E-state index contributed by atoms with van der Waals surface area (Å²) in [5.41, 5.74) is 0.992. The highest BCUT2D eigenvalue weighted by Crippen LogP contribution is 2.20. The van der Waals surface area contributed by atoms with E-state index in [0.29, 0.717) is 0 Å². The highest BCUT2D eigenvalue weighted by molar-refractivity contribution is 5.76. The molecule has 2 rings (SSSR count). The van der Waals surface area contributed by atoms with Gasteiger partial charge in [-0.05, 0) is 12.5 Å². The summed E-state index contributed by atoms with van der Waals surface area (Å²) in [7, 11) is 3.32. The summed E-state index contributed by atoms with van der Waals surface area (Å²) in [5.74, 6) is -0.141. The summed E-state index contributed by atoms with van der Waals surface area (Å²) in [6.07, 6.45) is 2.79. The van der Waals surface area contributed by atoms with Crippen LogP contribution in [0.3, 0.4) is 0 Å². The summed E-state index contributed by atoms with van der Waals surface area (Å²) >= 11 is 0. The molecule has 2 heterocycles. The quantitative estimate of drug-likeness (QED) is 0.666. The van der Waals surface area contributed by atoms with Gasteiger partial charge in [0.05, 0.1) is 12.8 Å². The lowest BCUT2D eigenvalue weighted by atomic mass is 10.0. The number of carbonyl (C=O) groups excluding carboxylic acids is 1. The average Bonchev–Trinajstić information content (AvgIpc) is 2.58. The van der Waals surface area contributed by atoms with E-state index in [2.05, 4.69) is 10.00 Å². The second-order valence-electron chi connectivity index (χ2n) is 3.78. The molecule has 5 nitrogen and oxygen atoms in total. The van der Waals surface area contributed by atoms with Crippen LogP contribution < -0.4 is 0 Å². The fraction of sp³-hybridized carbons (Fsp3) is 0.600. The van der Waals surface area contributed by atoms with E-state index in [4.69, 9.17) is 4.74 Å². The number of hydrogen-bond donors (Lipinski definition) is 0. The molecule has 1 aromatic rings. The third kappa shape index (κ3) is 2.02. The summed E-state index contributed by atoms with van der Waals surface area (Å²) in [6, 6.07) is 1.89. The molecule has 1 aromatic heterocycles. The molecule has 1 atom stereocenters. The van der Waals surface area contributed by atoms with Crippen LogP contribution in [0.25, 0.3) is 0 Å². The minimum atomic E-state index is -0.141. The summed E-state index contributed by atoms with van der Waals surface area (Å²) in [6.45, 7) is 1.66. The van der Waals surface area contributed by atoms with Gasteiger partial charge in [-0.25, -0.2) is 0 Å². The van der Waals surface area contributed by atoms with E-state index in [0.717, 1.165) is 25.2 Å². The summed E-state index contributed by atoms with van der Waals surface area (Å²) in [4.78, 5) is 13.4. The zero-order chi connectivity index (χ0) is 10.8. The van der Waals surface area contributed by atoms with Crippen molar-refractivity contribution in [3.8, 4) is 0 Å². The first kappa shape index (κ1) is 10.2. The SMILES string of the molecule is COC(=O)C1CCN1Cc1ccn(C)n1. The maximum absolute atomic E-state index is 11.3. The molecule has 5 heteroatoms. The molecule has 0 aromatic carbocycles. The number of nitrogens with zero attached hydrogens (tertiary/aromatic N) is 3. The Morgan fingerprint density at radius 2 is 2.53 bits per heavy atom. The van der Waals surface area contributed by atoms with Crippen LogP contribution in [-0.4, -0.2) is 40.3 Å². The van der Waals surface area contributed by atoms with Crippen LogP contribution >= 0.6 is 0 Å². The van der Waals surface area contributed by atoms with Crippen molar-refractivity contribution in [3.05, 3.63) is 18.0 Å². The number of hydrogen-bond acceptors (Lipinski definition) is 4. The predicted octanol–water partition coefficient (Wildman–Crippen LogP) is 0.167. The van der Waals surface area contributed by atoms with Crippen molar-refractivity contribution < 1.29 is 9.53 Å². The van der Waals surface area contributed by atoms with E-state index in [-0.39, 0.29) is 12.0 Å². The van der Waals surface area contributed by atoms with Crippen LogP contribution in [0.2, 0.25) is 0 Å². The van der Waals surface area contributed by atoms with E-state index in [1.54, 1.807) is 4.68 Å². The minimum Gasteiger partial charge on any atom is -0.468 e. The maximum atomic E-state index is 11.3. The molecule has 0 amide bonds. The molecule has 1 fully saturated rings. The Balaban J connectivity index is 1.93. The molecule has 1 unspecified atom stereocenters. The maximum Gasteiger partial charge on any atom is 0.323 e. The van der Waals surface area contributed by atoms with Crippen LogP contribution in [0.15, 0.2) is 12.3 Å². The van der Waals surface area contributed by atoms with Gasteiger partial charge in [-0.15, -0.1) is 0 Å². The molecule has 1 saturated heterocycles. The van der Waals surface area contributed by atoms with Crippen LogP contribution in [0.1, 0.15) is 12.1 Å². The number of rotatable bonds is 3. The van der Waals surface area contributed by atoms with Crippen molar-refractivity contribution in [2.24, 2.45) is 7.05 Å². The first-order valence-electron chi connectivity index (χ1n) is 5.01. The molecular weight excluding hydrogens is 194 g/mol. The number of aryl methyl sites for hydroxylation is 1. The Hall–Kier alpha value is -1.36. The molecule has 0 saturated carbocycles. The molecule has 1 aliphatic rings. The van der Waals surface area contributed by atoms with Gasteiger partial charge >= 0.3 is 5.97 Å². The molecule has 0 spiro atoms. The first-order valence-corrected chi connectivity index (χ1v) is 5.01. The van der Waals surface area contributed by atoms with Crippen LogP contribution in [-0.2, 0) is 23.1 Å². The third-order valence-electron chi connectivity index (χ3n) is 2.74. The molecule has 0 N–H and O–H groups in total. The number of aromatic nitrogens is 2. The van der Waals surface area contributed by atoms with Crippen molar-refractivity contribution in [3.63, 3.8) is 0 Å². The standard InChI is InChI=1S/C10H15N3O2/c1-12-5-3-8(11-12)7-13-6-4-9(13)10(14)15-2/h3,5,9H,4,6-7H2,1-2H3. The van der Waals surface area contributed by atoms with Crippen molar-refractivity contribution in [2.75, 3.05) is 13.7 Å². The smallest absolute Gasteiger partial charge is 0.323 e. The Bertz CT molecular complexity index is 361. The Morgan fingerprint density at radius 3 is 3.00 bits per heavy atom. The number of ether oxygens (including phenoxy) is 1. The average molecular weight is 209 g/mol. The molecule has 1 aliphatic heterocycles. The van der Waals surface area contributed by atoms with Crippen molar-refractivity contribution in [1.29, 1.82) is 0 Å². The van der Waals surface area contributed by atoms with Gasteiger partial charge in [0.1, 0.15) is 6.04 Å². The molecule has 0 aliphatic carbocycles. The van der Waals surface area contributed by atoms with E-state index >= 15 is 0 Å². The lowest BCUT2D eigenvalue weighted by Gasteiger charge is -2.38. The Kier molecular flexibility index (Phi) is 2.73. The van der Waals surface area contributed by atoms with Gasteiger partial charge < -0.3 is 4.74 Å². The summed E-state index contributed by atoms with van der Waals surface area (Å²) < 4.78 is 6.49. The molecule has 15 heavy (non-hydrogen) atoms. The summed E-state index contributed by atoms with van der Waals surface area (Å²) in [5, 5.41) is 4.27. The molecule has 82 valence electrons. The number of carbonyl (C=O) groups is 1. The predicted molar refractivity (Wildman–Crippen MR) is 54.0 cm³/mol. The van der Waals surface area contributed by atoms with Gasteiger partial charge in [0, 0.05) is 26.3 Å². The monoisotopic (exact) mass is 209 g/mol. The minimum absolute atomic E-state index is 0.0722. The van der Waals surface area contributed by atoms with Crippen molar-refractivity contribution >= 4 is 5.97 Å². The van der Waals surface area contributed by atoms with Gasteiger partial charge in [0.25, 0.3) is 0 Å². The van der Waals surface area contributed by atoms with E-state index in [9.17, 15) is 4.79 Å². The van der Waals surface area contributed by atoms with Gasteiger partial charge in [0.15, 0.2) is 0 Å². The number of likely N-dealkylation sites (tertiary alicyclic amines) is 1. The highest BCUT2D eigenvalue weighted by Gasteiger charge is 2.34. The Morgan fingerprint density at radius 1 is 1.73 bits per heavy atom. The fourth-order valence-electron chi connectivity index (χ4n) is 1.79. The van der Waals surface area contributed by atoms with E-state index in [1.165, 1.54) is 7.11 Å². The second-order valence-corrected chi connectivity index (χ2v) is 3.78. The first-order chi connectivity index (χ1) is 7.20. The fourth-order valence-corrected chi connectivity index (χ4v) is 1.79. The molecule has 0 radical (unpaired) electrons. The largest absolute Gasteiger partial charge is 0.468 e. The topological polar surface area (TPSA) is 47.4 Å². The number of esters is 1. The molecular formula is C10H15N3O2. The van der Waals surface area contributed by atoms with Gasteiger partial charge in [0.2, 0.25) is 0 Å². The van der Waals surface area contributed by atoms with Gasteiger partial charge in [-0.1, -0.05) is 0 Å². The third-order valence-corrected chi connectivity index (χ3v) is 2.74. The zero-order valence-electron chi connectivity index (χ0n) is 9.01. The lowest BCUT2D eigenvalue weighted by Crippen LogP contribution is -2.52. The van der Waals surface area contributed by atoms with Crippen LogP contribution in [0.5, 0.6) is 0 Å². The van der Waals surface area contributed by atoms with Gasteiger partial charge in [-0.2, -0.15) is 5.10 Å². The normalized spacial score (nSPS) is 21.1. The molecule has 0 bridgehead atoms. The number of methoxy groups -OCH3 is 1. The lowest BCUT2D eigenvalue weighted by molar-refractivity contribution is -0.152. The van der Waals surface area contributed by atoms with Crippen molar-refractivity contribution in [2.45, 2.75) is 19.0 Å². The van der Waals surface area contributed by atoms with Crippen LogP contribution in [0, 0.1) is 0 Å². The van der Waals surface area contributed by atoms with Gasteiger partial charge in [-0.3, -0.25) is 14.4 Å². The second kappa shape index (κ2) is 4.02.